The Labute approximate surface area is 170 Å². The molecule has 1 aliphatic heterocycles. The van der Waals surface area contributed by atoms with Gasteiger partial charge in [0.25, 0.3) is 5.91 Å². The Kier molecular flexibility index (Phi) is 6.02. The number of nitrogens with one attached hydrogen (secondary N) is 2. The summed E-state index contributed by atoms with van der Waals surface area (Å²) in [7, 11) is 0. The summed E-state index contributed by atoms with van der Waals surface area (Å²) in [6.07, 6.45) is -4.06. The molecule has 0 saturated carbocycles. The molecule has 1 atom stereocenters. The predicted molar refractivity (Wildman–Crippen MR) is 101 cm³/mol. The number of benzene rings is 2. The molecule has 0 aliphatic carbocycles. The zero-order chi connectivity index (χ0) is 21.2. The molecule has 0 aromatic heterocycles. The van der Waals surface area contributed by atoms with Crippen molar-refractivity contribution in [3.8, 4) is 11.5 Å². The number of piperidine rings is 1. The van der Waals surface area contributed by atoms with Gasteiger partial charge in [0.15, 0.2) is 0 Å². The Morgan fingerprint density at radius 1 is 1.21 bits per heavy atom. The predicted octanol–water partition coefficient (Wildman–Crippen LogP) is 4.47. The Morgan fingerprint density at radius 3 is 2.59 bits per heavy atom. The number of carbonyl (C=O) groups excluding carboxylic acids is 2. The lowest BCUT2D eigenvalue weighted by atomic mass is 10.0. The highest BCUT2D eigenvalue weighted by Crippen LogP contribution is 2.35. The lowest BCUT2D eigenvalue weighted by Gasteiger charge is -2.24. The first-order chi connectivity index (χ1) is 13.6. The van der Waals surface area contributed by atoms with E-state index in [1.165, 1.54) is 0 Å². The quantitative estimate of drug-likeness (QED) is 0.758. The fourth-order valence-electron chi connectivity index (χ4n) is 2.99. The van der Waals surface area contributed by atoms with Gasteiger partial charge in [-0.25, -0.2) is 0 Å². The van der Waals surface area contributed by atoms with Crippen LogP contribution in [0.25, 0.3) is 0 Å². The maximum atomic E-state index is 13.2. The summed E-state index contributed by atoms with van der Waals surface area (Å²) in [5, 5.41) is 5.74. The molecule has 2 N–H and O–H groups in total. The second-order valence-corrected chi connectivity index (χ2v) is 7.17. The number of hydrogen-bond acceptors (Lipinski definition) is 3. The summed E-state index contributed by atoms with van der Waals surface area (Å²) in [6, 6.07) is 7.04. The van der Waals surface area contributed by atoms with E-state index < -0.39 is 23.7 Å². The third-order valence-electron chi connectivity index (χ3n) is 4.49. The SMILES string of the molecule is Cc1cc(Cl)ccc1Oc1ccc(C(F)(F)F)cc1C(=O)NC1CCNC(=O)C1. The van der Waals surface area contributed by atoms with Crippen LogP contribution in [0.15, 0.2) is 36.4 Å². The first kappa shape index (κ1) is 21.0. The molecule has 5 nitrogen and oxygen atoms in total. The zero-order valence-corrected chi connectivity index (χ0v) is 16.2. The average molecular weight is 427 g/mol. The molecule has 1 heterocycles. The molecule has 154 valence electrons. The number of alkyl halides is 3. The maximum absolute atomic E-state index is 13.2. The summed E-state index contributed by atoms with van der Waals surface area (Å²) in [5.41, 5.74) is -0.572. The molecule has 3 rings (SSSR count). The molecule has 2 aromatic rings. The monoisotopic (exact) mass is 426 g/mol. The molecule has 2 aromatic carbocycles. The smallest absolute Gasteiger partial charge is 0.416 e. The van der Waals surface area contributed by atoms with Crippen LogP contribution in [0.1, 0.15) is 34.3 Å². The fraction of sp³-hybridized carbons (Fsp3) is 0.300. The van der Waals surface area contributed by atoms with Gasteiger partial charge in [-0.1, -0.05) is 11.6 Å². The van der Waals surface area contributed by atoms with Crippen LogP contribution in [0.3, 0.4) is 0 Å². The van der Waals surface area contributed by atoms with Gasteiger partial charge in [0.05, 0.1) is 11.1 Å². The zero-order valence-electron chi connectivity index (χ0n) is 15.4. The minimum atomic E-state index is -4.62. The highest BCUT2D eigenvalue weighted by atomic mass is 35.5. The number of aryl methyl sites for hydroxylation is 1. The molecule has 0 radical (unpaired) electrons. The van der Waals surface area contributed by atoms with Gasteiger partial charge in [0.2, 0.25) is 5.91 Å². The van der Waals surface area contributed by atoms with Gasteiger partial charge in [-0.3, -0.25) is 9.59 Å². The molecule has 2 amide bonds. The highest BCUT2D eigenvalue weighted by molar-refractivity contribution is 6.30. The van der Waals surface area contributed by atoms with Crippen LogP contribution in [0, 0.1) is 6.92 Å². The van der Waals surface area contributed by atoms with E-state index in [2.05, 4.69) is 10.6 Å². The van der Waals surface area contributed by atoms with E-state index in [1.54, 1.807) is 25.1 Å². The maximum Gasteiger partial charge on any atom is 0.416 e. The summed E-state index contributed by atoms with van der Waals surface area (Å²) < 4.78 is 45.2. The third-order valence-corrected chi connectivity index (χ3v) is 4.73. The first-order valence-electron chi connectivity index (χ1n) is 8.86. The molecular weight excluding hydrogens is 409 g/mol. The van der Waals surface area contributed by atoms with E-state index in [4.69, 9.17) is 16.3 Å². The van der Waals surface area contributed by atoms with Crippen LogP contribution in [0.2, 0.25) is 5.02 Å². The summed E-state index contributed by atoms with van der Waals surface area (Å²) >= 11 is 5.92. The van der Waals surface area contributed by atoms with Gasteiger partial charge in [0, 0.05) is 24.0 Å². The number of hydrogen-bond donors (Lipinski definition) is 2. The van der Waals surface area contributed by atoms with Gasteiger partial charge >= 0.3 is 6.18 Å². The second-order valence-electron chi connectivity index (χ2n) is 6.73. The Bertz CT molecular complexity index is 947. The lowest BCUT2D eigenvalue weighted by molar-refractivity contribution is -0.137. The van der Waals surface area contributed by atoms with Gasteiger partial charge in [-0.05, 0) is 55.3 Å². The average Bonchev–Trinajstić information content (AvgIpc) is 2.63. The molecule has 0 spiro atoms. The first-order valence-corrected chi connectivity index (χ1v) is 9.24. The van der Waals surface area contributed by atoms with Crippen molar-refractivity contribution >= 4 is 23.4 Å². The highest BCUT2D eigenvalue weighted by Gasteiger charge is 2.32. The molecule has 0 bridgehead atoms. The molecule has 1 saturated heterocycles. The van der Waals surface area contributed by atoms with Crippen LogP contribution in [0.4, 0.5) is 13.2 Å². The molecule has 9 heteroatoms. The topological polar surface area (TPSA) is 67.4 Å². The minimum absolute atomic E-state index is 0.0267. The van der Waals surface area contributed by atoms with Gasteiger partial charge in [0.1, 0.15) is 11.5 Å². The van der Waals surface area contributed by atoms with Crippen LogP contribution in [0.5, 0.6) is 11.5 Å². The lowest BCUT2D eigenvalue weighted by Crippen LogP contribution is -2.45. The van der Waals surface area contributed by atoms with Crippen LogP contribution in [-0.2, 0) is 11.0 Å². The summed E-state index contributed by atoms with van der Waals surface area (Å²) in [4.78, 5) is 24.2. The van der Waals surface area contributed by atoms with Crippen molar-refractivity contribution in [2.24, 2.45) is 0 Å². The number of rotatable bonds is 4. The van der Waals surface area contributed by atoms with Crippen LogP contribution >= 0.6 is 11.6 Å². The molecule has 1 aliphatic rings. The van der Waals surface area contributed by atoms with Crippen molar-refractivity contribution in [2.45, 2.75) is 32.0 Å². The standard InChI is InChI=1S/C20H18ClF3N2O3/c1-11-8-13(21)3-5-16(11)29-17-4-2-12(20(22,23)24)9-15(17)19(28)26-14-6-7-25-18(27)10-14/h2-5,8-9,14H,6-7,10H2,1H3,(H,25,27)(H,26,28). The number of amides is 2. The second kappa shape index (κ2) is 8.32. The van der Waals surface area contributed by atoms with Crippen molar-refractivity contribution in [1.29, 1.82) is 0 Å². The largest absolute Gasteiger partial charge is 0.456 e. The van der Waals surface area contributed by atoms with Crippen molar-refractivity contribution < 1.29 is 27.5 Å². The molecular formula is C20H18ClF3N2O3. The Hall–Kier alpha value is -2.74. The van der Waals surface area contributed by atoms with E-state index in [1.807, 2.05) is 0 Å². The Morgan fingerprint density at radius 2 is 1.93 bits per heavy atom. The number of halogens is 4. The van der Waals surface area contributed by atoms with Crippen LogP contribution < -0.4 is 15.4 Å². The summed E-state index contributed by atoms with van der Waals surface area (Å²) in [6.45, 7) is 2.12. The van der Waals surface area contributed by atoms with E-state index in [0.29, 0.717) is 29.3 Å². The number of carbonyl (C=O) groups is 2. The van der Waals surface area contributed by atoms with E-state index in [0.717, 1.165) is 18.2 Å². The van der Waals surface area contributed by atoms with Crippen molar-refractivity contribution in [3.63, 3.8) is 0 Å². The Balaban J connectivity index is 1.92. The number of ether oxygens (including phenoxy) is 1. The van der Waals surface area contributed by atoms with Gasteiger partial charge in [-0.15, -0.1) is 0 Å². The van der Waals surface area contributed by atoms with E-state index >= 15 is 0 Å². The summed E-state index contributed by atoms with van der Waals surface area (Å²) in [5.74, 6) is -0.627. The van der Waals surface area contributed by atoms with Gasteiger partial charge < -0.3 is 15.4 Å². The van der Waals surface area contributed by atoms with Crippen molar-refractivity contribution in [2.75, 3.05) is 6.54 Å². The molecule has 1 unspecified atom stereocenters. The van der Waals surface area contributed by atoms with Crippen molar-refractivity contribution in [1.82, 2.24) is 10.6 Å². The fourth-order valence-corrected chi connectivity index (χ4v) is 3.22. The minimum Gasteiger partial charge on any atom is -0.456 e. The molecule has 1 fully saturated rings. The third kappa shape index (κ3) is 5.20. The van der Waals surface area contributed by atoms with Gasteiger partial charge in [-0.2, -0.15) is 13.2 Å². The van der Waals surface area contributed by atoms with E-state index in [9.17, 15) is 22.8 Å². The molecule has 29 heavy (non-hydrogen) atoms. The van der Waals surface area contributed by atoms with Crippen molar-refractivity contribution in [3.05, 3.63) is 58.1 Å². The van der Waals surface area contributed by atoms with Crippen LogP contribution in [-0.4, -0.2) is 24.4 Å². The van der Waals surface area contributed by atoms with E-state index in [-0.39, 0.29) is 23.6 Å². The normalized spacial score (nSPS) is 16.9.